The molecule has 1 fully saturated rings. The highest BCUT2D eigenvalue weighted by Gasteiger charge is 2.23. The first-order chi connectivity index (χ1) is 14.9. The molecule has 0 bridgehead atoms. The van der Waals surface area contributed by atoms with Crippen molar-refractivity contribution in [2.75, 3.05) is 31.1 Å². The lowest BCUT2D eigenvalue weighted by Crippen LogP contribution is -2.49. The first-order valence-electron chi connectivity index (χ1n) is 10.4. The fourth-order valence-electron chi connectivity index (χ4n) is 3.98. The van der Waals surface area contributed by atoms with Gasteiger partial charge in [-0.25, -0.2) is 8.42 Å². The van der Waals surface area contributed by atoms with Crippen LogP contribution in [0.5, 0.6) is 0 Å². The van der Waals surface area contributed by atoms with Gasteiger partial charge in [0.1, 0.15) is 0 Å². The summed E-state index contributed by atoms with van der Waals surface area (Å²) in [6.45, 7) is 4.93. The van der Waals surface area contributed by atoms with E-state index in [0.29, 0.717) is 29.1 Å². The number of amides is 1. The van der Waals surface area contributed by atoms with Crippen LogP contribution in [-0.4, -0.2) is 45.4 Å². The Balaban J connectivity index is 1.44. The van der Waals surface area contributed by atoms with Gasteiger partial charge in [-0.2, -0.15) is 0 Å². The number of hydrogen-bond acceptors (Lipinski definition) is 4. The van der Waals surface area contributed by atoms with Gasteiger partial charge in [-0.1, -0.05) is 48.5 Å². The molecule has 3 aromatic carbocycles. The van der Waals surface area contributed by atoms with Crippen LogP contribution in [0, 0.1) is 6.92 Å². The van der Waals surface area contributed by atoms with Gasteiger partial charge in [0.05, 0.1) is 10.6 Å². The Morgan fingerprint density at radius 2 is 1.52 bits per heavy atom. The third kappa shape index (κ3) is 4.80. The lowest BCUT2D eigenvalue weighted by Gasteiger charge is -2.36. The quantitative estimate of drug-likeness (QED) is 0.611. The van der Waals surface area contributed by atoms with E-state index in [1.54, 1.807) is 54.6 Å². The van der Waals surface area contributed by atoms with Crippen molar-refractivity contribution in [1.29, 1.82) is 0 Å². The van der Waals surface area contributed by atoms with Crippen LogP contribution in [0.25, 0.3) is 0 Å². The monoisotopic (exact) mass is 434 g/mol. The van der Waals surface area contributed by atoms with Gasteiger partial charge in [-0.05, 0) is 48.4 Å². The number of nitrogens with zero attached hydrogens (tertiary/aromatic N) is 2. The molecule has 3 aromatic rings. The highest BCUT2D eigenvalue weighted by Crippen LogP contribution is 2.22. The highest BCUT2D eigenvalue weighted by atomic mass is 32.2. The number of rotatable bonds is 5. The predicted molar refractivity (Wildman–Crippen MR) is 123 cm³/mol. The topological polar surface area (TPSA) is 57.7 Å². The first kappa shape index (κ1) is 21.1. The zero-order valence-electron chi connectivity index (χ0n) is 17.6. The van der Waals surface area contributed by atoms with Crippen LogP contribution in [-0.2, 0) is 15.6 Å². The average Bonchev–Trinajstić information content (AvgIpc) is 2.79. The molecule has 1 aliphatic heterocycles. The molecule has 31 heavy (non-hydrogen) atoms. The van der Waals surface area contributed by atoms with Gasteiger partial charge < -0.3 is 9.80 Å². The number of carbonyl (C=O) groups is 1. The largest absolute Gasteiger partial charge is 0.368 e. The Labute approximate surface area is 183 Å². The maximum Gasteiger partial charge on any atom is 0.253 e. The summed E-state index contributed by atoms with van der Waals surface area (Å²) in [7, 11) is -3.45. The predicted octanol–water partition coefficient (Wildman–Crippen LogP) is 3.93. The van der Waals surface area contributed by atoms with Crippen LogP contribution < -0.4 is 4.90 Å². The van der Waals surface area contributed by atoms with Crippen LogP contribution in [0.2, 0.25) is 0 Å². The zero-order chi connectivity index (χ0) is 21.8. The van der Waals surface area contributed by atoms with E-state index in [4.69, 9.17) is 0 Å². The van der Waals surface area contributed by atoms with E-state index in [1.165, 1.54) is 11.3 Å². The molecule has 6 heteroatoms. The van der Waals surface area contributed by atoms with Gasteiger partial charge in [-0.15, -0.1) is 0 Å². The average molecular weight is 435 g/mol. The maximum absolute atomic E-state index is 13.1. The van der Waals surface area contributed by atoms with Crippen molar-refractivity contribution in [3.63, 3.8) is 0 Å². The van der Waals surface area contributed by atoms with E-state index in [-0.39, 0.29) is 11.7 Å². The van der Waals surface area contributed by atoms with Crippen LogP contribution in [0.4, 0.5) is 5.69 Å². The number of carbonyl (C=O) groups excluding carboxylic acids is 1. The number of piperazine rings is 1. The van der Waals surface area contributed by atoms with E-state index in [2.05, 4.69) is 24.0 Å². The smallest absolute Gasteiger partial charge is 0.253 e. The summed E-state index contributed by atoms with van der Waals surface area (Å²) >= 11 is 0. The molecule has 1 amide bonds. The molecule has 0 atom stereocenters. The molecule has 0 N–H and O–H groups in total. The summed E-state index contributed by atoms with van der Waals surface area (Å²) in [6, 6.07) is 23.7. The van der Waals surface area contributed by atoms with Crippen molar-refractivity contribution in [2.45, 2.75) is 17.6 Å². The van der Waals surface area contributed by atoms with Crippen LogP contribution in [0.15, 0.2) is 83.8 Å². The Morgan fingerprint density at radius 3 is 2.23 bits per heavy atom. The maximum atomic E-state index is 13.1. The van der Waals surface area contributed by atoms with Gasteiger partial charge in [0.25, 0.3) is 5.91 Å². The number of benzene rings is 3. The molecule has 0 saturated carbocycles. The second-order valence-corrected chi connectivity index (χ2v) is 9.83. The molecule has 1 heterocycles. The minimum atomic E-state index is -3.45. The summed E-state index contributed by atoms with van der Waals surface area (Å²) in [5.74, 6) is -0.178. The third-order valence-electron chi connectivity index (χ3n) is 5.66. The standard InChI is InChI=1S/C25H26N2O3S/c1-20-8-5-6-13-24(20)26-14-16-27(17-15-26)25(28)22-10-7-9-21(18-22)19-31(29,30)23-11-3-2-4-12-23/h2-13,18H,14-17,19H2,1H3. The number of para-hydroxylation sites is 1. The lowest BCUT2D eigenvalue weighted by molar-refractivity contribution is 0.0746. The SMILES string of the molecule is Cc1ccccc1N1CCN(C(=O)c2cccc(CS(=O)(=O)c3ccccc3)c2)CC1. The van der Waals surface area contributed by atoms with E-state index in [1.807, 2.05) is 17.0 Å². The summed E-state index contributed by atoms with van der Waals surface area (Å²) in [6.07, 6.45) is 0. The number of sulfone groups is 1. The Hall–Kier alpha value is -3.12. The van der Waals surface area contributed by atoms with Crippen LogP contribution >= 0.6 is 0 Å². The molecule has 1 saturated heterocycles. The molecule has 5 nitrogen and oxygen atoms in total. The van der Waals surface area contributed by atoms with Gasteiger partial charge >= 0.3 is 0 Å². The highest BCUT2D eigenvalue weighted by molar-refractivity contribution is 7.90. The molecular weight excluding hydrogens is 408 g/mol. The molecular formula is C25H26N2O3S. The summed E-state index contributed by atoms with van der Waals surface area (Å²) in [4.78, 5) is 17.5. The first-order valence-corrected chi connectivity index (χ1v) is 12.1. The number of aryl methyl sites for hydroxylation is 1. The lowest BCUT2D eigenvalue weighted by atomic mass is 10.1. The van der Waals surface area contributed by atoms with Gasteiger partial charge in [0.15, 0.2) is 9.84 Å². The zero-order valence-corrected chi connectivity index (χ0v) is 18.4. The van der Waals surface area contributed by atoms with Gasteiger partial charge in [-0.3, -0.25) is 4.79 Å². The van der Waals surface area contributed by atoms with Crippen LogP contribution in [0.1, 0.15) is 21.5 Å². The summed E-state index contributed by atoms with van der Waals surface area (Å²) < 4.78 is 25.4. The fraction of sp³-hybridized carbons (Fsp3) is 0.240. The molecule has 1 aliphatic rings. The molecule has 160 valence electrons. The minimum absolute atomic E-state index is 0.0524. The fourth-order valence-corrected chi connectivity index (χ4v) is 5.33. The van der Waals surface area contributed by atoms with Crippen molar-refractivity contribution in [3.8, 4) is 0 Å². The van der Waals surface area contributed by atoms with E-state index >= 15 is 0 Å². The van der Waals surface area contributed by atoms with Crippen molar-refractivity contribution < 1.29 is 13.2 Å². The molecule has 0 aliphatic carbocycles. The van der Waals surface area contributed by atoms with Crippen molar-refractivity contribution >= 4 is 21.4 Å². The number of anilines is 1. The summed E-state index contributed by atoms with van der Waals surface area (Å²) in [5, 5.41) is 0. The Morgan fingerprint density at radius 1 is 0.839 bits per heavy atom. The normalized spacial score (nSPS) is 14.5. The van der Waals surface area contributed by atoms with Crippen LogP contribution in [0.3, 0.4) is 0 Å². The van der Waals surface area contributed by atoms with E-state index < -0.39 is 9.84 Å². The van der Waals surface area contributed by atoms with Crippen molar-refractivity contribution in [2.24, 2.45) is 0 Å². The minimum Gasteiger partial charge on any atom is -0.368 e. The van der Waals surface area contributed by atoms with Gasteiger partial charge in [0, 0.05) is 37.4 Å². The third-order valence-corrected chi connectivity index (χ3v) is 7.36. The molecule has 4 rings (SSSR count). The number of hydrogen-bond donors (Lipinski definition) is 0. The van der Waals surface area contributed by atoms with Gasteiger partial charge in [0.2, 0.25) is 0 Å². The molecule has 0 spiro atoms. The molecule has 0 unspecified atom stereocenters. The van der Waals surface area contributed by atoms with Crippen molar-refractivity contribution in [3.05, 3.63) is 95.6 Å². The summed E-state index contributed by atoms with van der Waals surface area (Å²) in [5.41, 5.74) is 3.59. The Bertz CT molecular complexity index is 1170. The second kappa shape index (κ2) is 8.94. The molecule has 0 aromatic heterocycles. The van der Waals surface area contributed by atoms with Crippen molar-refractivity contribution in [1.82, 2.24) is 4.90 Å². The Kier molecular flexibility index (Phi) is 6.09. The van der Waals surface area contributed by atoms with E-state index in [0.717, 1.165) is 13.1 Å². The second-order valence-electron chi connectivity index (χ2n) is 7.84. The molecule has 0 radical (unpaired) electrons. The van der Waals surface area contributed by atoms with E-state index in [9.17, 15) is 13.2 Å².